The minimum absolute atomic E-state index is 0.844. The molecule has 58 heavy (non-hydrogen) atoms. The number of furan rings is 2. The fourth-order valence-corrected chi connectivity index (χ4v) is 8.96. The first-order chi connectivity index (χ1) is 28.8. The van der Waals surface area contributed by atoms with Crippen molar-refractivity contribution < 1.29 is 8.83 Å². The molecular formula is C54H34N2O2. The number of aromatic nitrogens is 1. The van der Waals surface area contributed by atoms with Crippen molar-refractivity contribution in [3.05, 3.63) is 206 Å². The molecule has 0 bridgehead atoms. The molecule has 3 heterocycles. The predicted octanol–water partition coefficient (Wildman–Crippen LogP) is 15.4. The summed E-state index contributed by atoms with van der Waals surface area (Å²) in [5, 5.41) is 6.73. The largest absolute Gasteiger partial charge is 0.456 e. The van der Waals surface area contributed by atoms with Gasteiger partial charge in [0.25, 0.3) is 0 Å². The van der Waals surface area contributed by atoms with Gasteiger partial charge in [-0.2, -0.15) is 0 Å². The zero-order valence-electron chi connectivity index (χ0n) is 31.3. The van der Waals surface area contributed by atoms with Gasteiger partial charge >= 0.3 is 0 Å². The van der Waals surface area contributed by atoms with Crippen LogP contribution in [0.4, 0.5) is 17.1 Å². The Kier molecular flexibility index (Phi) is 7.20. The average molecular weight is 743 g/mol. The number of fused-ring (bicyclic) bond motifs is 9. The maximum Gasteiger partial charge on any atom is 0.145 e. The monoisotopic (exact) mass is 742 g/mol. The van der Waals surface area contributed by atoms with Crippen LogP contribution in [0.3, 0.4) is 0 Å². The normalized spacial score (nSPS) is 11.8. The van der Waals surface area contributed by atoms with Crippen molar-refractivity contribution in [3.8, 4) is 27.9 Å². The van der Waals surface area contributed by atoms with Gasteiger partial charge in [-0.1, -0.05) is 127 Å². The minimum atomic E-state index is 0.844. The summed E-state index contributed by atoms with van der Waals surface area (Å²) in [4.78, 5) is 2.38. The van der Waals surface area contributed by atoms with E-state index in [0.29, 0.717) is 0 Å². The molecule has 0 spiro atoms. The highest BCUT2D eigenvalue weighted by molar-refractivity contribution is 6.18. The van der Waals surface area contributed by atoms with E-state index in [-0.39, 0.29) is 0 Å². The van der Waals surface area contributed by atoms with E-state index in [1.807, 2.05) is 12.1 Å². The summed E-state index contributed by atoms with van der Waals surface area (Å²) in [6.45, 7) is 0. The smallest absolute Gasteiger partial charge is 0.145 e. The van der Waals surface area contributed by atoms with Crippen LogP contribution < -0.4 is 4.90 Å². The van der Waals surface area contributed by atoms with E-state index in [1.54, 1.807) is 0 Å². The predicted molar refractivity (Wildman–Crippen MR) is 241 cm³/mol. The van der Waals surface area contributed by atoms with Gasteiger partial charge in [-0.05, 0) is 95.6 Å². The third-order valence-corrected chi connectivity index (χ3v) is 11.6. The summed E-state index contributed by atoms with van der Waals surface area (Å²) in [6, 6.07) is 73.2. The Morgan fingerprint density at radius 2 is 1.02 bits per heavy atom. The third-order valence-electron chi connectivity index (χ3n) is 11.6. The van der Waals surface area contributed by atoms with E-state index in [0.717, 1.165) is 88.9 Å². The van der Waals surface area contributed by atoms with Gasteiger partial charge in [0.2, 0.25) is 0 Å². The van der Waals surface area contributed by atoms with Crippen LogP contribution in [0.15, 0.2) is 215 Å². The molecule has 3 aromatic heterocycles. The maximum atomic E-state index is 7.01. The lowest BCUT2D eigenvalue weighted by molar-refractivity contribution is 0.669. The molecule has 0 saturated carbocycles. The van der Waals surface area contributed by atoms with Crippen LogP contribution in [0.5, 0.6) is 0 Å². The van der Waals surface area contributed by atoms with Crippen molar-refractivity contribution in [1.82, 2.24) is 4.57 Å². The molecule has 9 aromatic carbocycles. The van der Waals surface area contributed by atoms with E-state index in [2.05, 4.69) is 204 Å². The molecule has 12 rings (SSSR count). The summed E-state index contributed by atoms with van der Waals surface area (Å²) in [5.41, 5.74) is 14.3. The molecule has 4 nitrogen and oxygen atoms in total. The van der Waals surface area contributed by atoms with E-state index in [4.69, 9.17) is 8.83 Å². The summed E-state index contributed by atoms with van der Waals surface area (Å²) in [5.74, 6) is 0. The molecule has 0 fully saturated rings. The number of hydrogen-bond acceptors (Lipinski definition) is 3. The molecule has 4 heteroatoms. The lowest BCUT2D eigenvalue weighted by Gasteiger charge is -2.27. The highest BCUT2D eigenvalue weighted by atomic mass is 16.3. The fourth-order valence-electron chi connectivity index (χ4n) is 8.96. The zero-order valence-corrected chi connectivity index (χ0v) is 31.3. The Morgan fingerprint density at radius 3 is 1.79 bits per heavy atom. The summed E-state index contributed by atoms with van der Waals surface area (Å²) >= 11 is 0. The summed E-state index contributed by atoms with van der Waals surface area (Å²) in [6.07, 6.45) is 0. The Morgan fingerprint density at radius 1 is 0.362 bits per heavy atom. The lowest BCUT2D eigenvalue weighted by atomic mass is 9.98. The Hall–Kier alpha value is -7.82. The number of anilines is 3. The maximum absolute atomic E-state index is 7.01. The van der Waals surface area contributed by atoms with Crippen LogP contribution in [0.25, 0.3) is 93.6 Å². The molecule has 12 aromatic rings. The Labute approximate surface area is 334 Å². The van der Waals surface area contributed by atoms with E-state index < -0.39 is 0 Å². The van der Waals surface area contributed by atoms with Crippen molar-refractivity contribution in [2.75, 3.05) is 4.90 Å². The molecule has 0 N–H and O–H groups in total. The van der Waals surface area contributed by atoms with Crippen LogP contribution in [0.1, 0.15) is 0 Å². The summed E-state index contributed by atoms with van der Waals surface area (Å²) < 4.78 is 15.7. The van der Waals surface area contributed by atoms with E-state index in [9.17, 15) is 0 Å². The van der Waals surface area contributed by atoms with E-state index >= 15 is 0 Å². The second-order valence-electron chi connectivity index (χ2n) is 14.9. The number of benzene rings is 9. The van der Waals surface area contributed by atoms with Crippen molar-refractivity contribution >= 4 is 82.7 Å². The van der Waals surface area contributed by atoms with Crippen molar-refractivity contribution in [3.63, 3.8) is 0 Å². The molecule has 0 atom stereocenters. The first kappa shape index (κ1) is 32.4. The van der Waals surface area contributed by atoms with Crippen LogP contribution >= 0.6 is 0 Å². The highest BCUT2D eigenvalue weighted by Crippen LogP contribution is 2.48. The van der Waals surface area contributed by atoms with Crippen molar-refractivity contribution in [2.45, 2.75) is 0 Å². The third kappa shape index (κ3) is 5.02. The number of para-hydroxylation sites is 3. The van der Waals surface area contributed by atoms with Crippen LogP contribution in [-0.2, 0) is 0 Å². The van der Waals surface area contributed by atoms with Gasteiger partial charge in [-0.3, -0.25) is 0 Å². The van der Waals surface area contributed by atoms with Crippen LogP contribution in [-0.4, -0.2) is 4.57 Å². The minimum Gasteiger partial charge on any atom is -0.456 e. The highest BCUT2D eigenvalue weighted by Gasteiger charge is 2.24. The molecule has 0 unspecified atom stereocenters. The van der Waals surface area contributed by atoms with Crippen molar-refractivity contribution in [1.29, 1.82) is 0 Å². The second-order valence-corrected chi connectivity index (χ2v) is 14.9. The van der Waals surface area contributed by atoms with Gasteiger partial charge in [0.05, 0.1) is 22.1 Å². The SMILES string of the molecule is c1ccc(-c2ccc3c(c2)oc2c(-c4ccccc4)ccc(N(c4cccc(-n5c6ccccc6c6ccccc65)c4)c4ccc5oc6ccccc6c5c4)c23)cc1. The van der Waals surface area contributed by atoms with Crippen molar-refractivity contribution in [2.24, 2.45) is 0 Å². The molecular weight excluding hydrogens is 709 g/mol. The van der Waals surface area contributed by atoms with Gasteiger partial charge in [-0.15, -0.1) is 0 Å². The molecule has 0 aliphatic rings. The first-order valence-corrected chi connectivity index (χ1v) is 19.7. The van der Waals surface area contributed by atoms with E-state index in [1.165, 1.54) is 21.8 Å². The Bertz CT molecular complexity index is 3470. The number of rotatable bonds is 6. The second kappa shape index (κ2) is 12.9. The first-order valence-electron chi connectivity index (χ1n) is 19.7. The molecule has 0 aliphatic heterocycles. The van der Waals surface area contributed by atoms with Gasteiger partial charge in [-0.25, -0.2) is 0 Å². The quantitative estimate of drug-likeness (QED) is 0.170. The standard InChI is InChI=1S/C54H34N2O2/c1-3-14-35(15-4-1)37-26-28-45-52(32-37)58-54-41(36-16-5-2-6-17-36)29-30-49(53(45)54)55(40-27-31-51-46(34-40)44-22-9-12-25-50(44)57-51)38-18-13-19-39(33-38)56-47-23-10-7-20-42(47)43-21-8-11-24-48(43)56/h1-34H. The van der Waals surface area contributed by atoms with Gasteiger partial charge in [0.1, 0.15) is 22.3 Å². The average Bonchev–Trinajstić information content (AvgIpc) is 3.97. The zero-order chi connectivity index (χ0) is 38.2. The molecule has 272 valence electrons. The van der Waals surface area contributed by atoms with Gasteiger partial charge < -0.3 is 18.3 Å². The molecule has 0 radical (unpaired) electrons. The Balaban J connectivity index is 1.15. The fraction of sp³-hybridized carbons (Fsp3) is 0. The van der Waals surface area contributed by atoms with Gasteiger partial charge in [0, 0.05) is 49.6 Å². The molecule has 0 aliphatic carbocycles. The number of nitrogens with zero attached hydrogens (tertiary/aromatic N) is 2. The summed E-state index contributed by atoms with van der Waals surface area (Å²) in [7, 11) is 0. The lowest BCUT2D eigenvalue weighted by Crippen LogP contribution is -2.11. The topological polar surface area (TPSA) is 34.5 Å². The molecule has 0 amide bonds. The number of hydrogen-bond donors (Lipinski definition) is 0. The van der Waals surface area contributed by atoms with Crippen LogP contribution in [0, 0.1) is 0 Å². The van der Waals surface area contributed by atoms with Crippen LogP contribution in [0.2, 0.25) is 0 Å². The molecule has 0 saturated heterocycles. The van der Waals surface area contributed by atoms with Gasteiger partial charge in [0.15, 0.2) is 0 Å².